The highest BCUT2D eigenvalue weighted by Gasteiger charge is 2.47. The number of hydrogen-bond donors (Lipinski definition) is 0. The Morgan fingerprint density at radius 1 is 1.07 bits per heavy atom. The van der Waals surface area contributed by atoms with Gasteiger partial charge in [0.25, 0.3) is 0 Å². The van der Waals surface area contributed by atoms with E-state index in [0.29, 0.717) is 0 Å². The zero-order valence-electron chi connectivity index (χ0n) is 13.7. The van der Waals surface area contributed by atoms with E-state index < -0.39 is 58.6 Å². The highest BCUT2D eigenvalue weighted by atomic mass is 35.5. The van der Waals surface area contributed by atoms with Crippen LogP contribution in [0.1, 0.15) is 5.56 Å². The van der Waals surface area contributed by atoms with E-state index in [1.54, 1.807) is 0 Å². The van der Waals surface area contributed by atoms with Gasteiger partial charge in [-0.05, 0) is 12.1 Å². The first-order chi connectivity index (χ1) is 13.1. The van der Waals surface area contributed by atoms with Crippen LogP contribution in [-0.2, 0) is 0 Å². The van der Waals surface area contributed by atoms with Crippen molar-refractivity contribution >= 4 is 28.9 Å². The molecule has 0 atom stereocenters. The average molecular weight is 443 g/mol. The maximum absolute atomic E-state index is 14.0. The molecule has 28 heavy (non-hydrogen) atoms. The standard InChI is InChI=1S/C17H10Cl2F6N2O/c18-11-10(8-26)13(20)14(21)15(12(11)19)28-7-6-27(17(24,25)16(22)23)9-4-2-1-3-5-9/h1-5,16H,6-7H2. The molecule has 0 amide bonds. The van der Waals surface area contributed by atoms with Crippen LogP contribution in [0.25, 0.3) is 0 Å². The molecule has 0 spiro atoms. The number of anilines is 1. The molecular formula is C17H10Cl2F6N2O. The molecule has 0 saturated carbocycles. The molecule has 0 N–H and O–H groups in total. The Kier molecular flexibility index (Phi) is 6.91. The summed E-state index contributed by atoms with van der Waals surface area (Å²) in [4.78, 5) is 0.0606. The van der Waals surface area contributed by atoms with Crippen LogP contribution in [0, 0.1) is 23.0 Å². The highest BCUT2D eigenvalue weighted by Crippen LogP contribution is 2.39. The Balaban J connectivity index is 2.28. The Hall–Kier alpha value is -2.31. The third kappa shape index (κ3) is 4.23. The SMILES string of the molecule is N#Cc1c(F)c(F)c(OCCN(c2ccccc2)C(F)(F)C(F)F)c(Cl)c1Cl. The molecule has 0 aliphatic rings. The largest absolute Gasteiger partial charge is 0.487 e. The van der Waals surface area contributed by atoms with E-state index in [0.717, 1.165) is 0 Å². The summed E-state index contributed by atoms with van der Waals surface area (Å²) < 4.78 is 86.1. The number of ether oxygens (including phenoxy) is 1. The molecule has 0 heterocycles. The van der Waals surface area contributed by atoms with Crippen molar-refractivity contribution < 1.29 is 31.1 Å². The molecule has 0 radical (unpaired) electrons. The first-order valence-electron chi connectivity index (χ1n) is 7.50. The van der Waals surface area contributed by atoms with Gasteiger partial charge in [-0.2, -0.15) is 18.4 Å². The molecule has 0 saturated heterocycles. The van der Waals surface area contributed by atoms with E-state index in [2.05, 4.69) is 0 Å². The number of para-hydroxylation sites is 1. The fourth-order valence-electron chi connectivity index (χ4n) is 2.25. The second-order valence-electron chi connectivity index (χ2n) is 5.30. The fourth-order valence-corrected chi connectivity index (χ4v) is 2.69. The molecule has 2 rings (SSSR count). The van der Waals surface area contributed by atoms with Crippen LogP contribution < -0.4 is 9.64 Å². The van der Waals surface area contributed by atoms with Gasteiger partial charge in [0.05, 0.1) is 11.6 Å². The van der Waals surface area contributed by atoms with Crippen molar-refractivity contribution in [1.29, 1.82) is 5.26 Å². The van der Waals surface area contributed by atoms with Gasteiger partial charge in [0.1, 0.15) is 23.3 Å². The van der Waals surface area contributed by atoms with E-state index in [9.17, 15) is 26.3 Å². The molecule has 0 unspecified atom stereocenters. The number of nitriles is 1. The van der Waals surface area contributed by atoms with E-state index in [-0.39, 0.29) is 10.6 Å². The van der Waals surface area contributed by atoms with Crippen LogP contribution in [0.5, 0.6) is 5.75 Å². The number of alkyl halides is 4. The lowest BCUT2D eigenvalue weighted by Gasteiger charge is -2.32. The lowest BCUT2D eigenvalue weighted by atomic mass is 10.2. The monoisotopic (exact) mass is 442 g/mol. The van der Waals surface area contributed by atoms with Crippen molar-refractivity contribution in [3.63, 3.8) is 0 Å². The van der Waals surface area contributed by atoms with Gasteiger partial charge in [-0.15, -0.1) is 0 Å². The Morgan fingerprint density at radius 3 is 2.21 bits per heavy atom. The summed E-state index contributed by atoms with van der Waals surface area (Å²) in [6, 6.07) is 3.32. The van der Waals surface area contributed by atoms with Crippen molar-refractivity contribution in [3.8, 4) is 11.8 Å². The topological polar surface area (TPSA) is 36.3 Å². The summed E-state index contributed by atoms with van der Waals surface area (Å²) in [5, 5.41) is 7.48. The zero-order chi connectivity index (χ0) is 21.1. The predicted octanol–water partition coefficient (Wildman–Crippen LogP) is 5.89. The minimum Gasteiger partial charge on any atom is -0.487 e. The maximum Gasteiger partial charge on any atom is 0.386 e. The first-order valence-corrected chi connectivity index (χ1v) is 8.26. The summed E-state index contributed by atoms with van der Waals surface area (Å²) in [5.74, 6) is -4.21. The Labute approximate surface area is 165 Å². The van der Waals surface area contributed by atoms with E-state index in [4.69, 9.17) is 33.2 Å². The van der Waals surface area contributed by atoms with Crippen LogP contribution in [0.15, 0.2) is 30.3 Å². The predicted molar refractivity (Wildman–Crippen MR) is 91.3 cm³/mol. The molecule has 0 aromatic heterocycles. The van der Waals surface area contributed by atoms with E-state index in [1.165, 1.54) is 36.4 Å². The van der Waals surface area contributed by atoms with Crippen molar-refractivity contribution in [2.24, 2.45) is 0 Å². The third-order valence-corrected chi connectivity index (χ3v) is 4.42. The smallest absolute Gasteiger partial charge is 0.386 e. The zero-order valence-corrected chi connectivity index (χ0v) is 15.2. The molecule has 0 fully saturated rings. The molecule has 2 aromatic carbocycles. The maximum atomic E-state index is 14.0. The van der Waals surface area contributed by atoms with E-state index in [1.807, 2.05) is 0 Å². The van der Waals surface area contributed by atoms with Crippen molar-refractivity contribution in [2.75, 3.05) is 18.1 Å². The lowest BCUT2D eigenvalue weighted by Crippen LogP contribution is -2.49. The molecule has 0 aliphatic heterocycles. The van der Waals surface area contributed by atoms with E-state index >= 15 is 0 Å². The van der Waals surface area contributed by atoms with Gasteiger partial charge in [-0.3, -0.25) is 0 Å². The van der Waals surface area contributed by atoms with Crippen LogP contribution >= 0.6 is 23.2 Å². The Bertz CT molecular complexity index is 860. The second-order valence-corrected chi connectivity index (χ2v) is 6.05. The molecule has 2 aromatic rings. The number of rotatable bonds is 7. The number of benzene rings is 2. The fraction of sp³-hybridized carbons (Fsp3) is 0.235. The molecular weight excluding hydrogens is 433 g/mol. The Morgan fingerprint density at radius 2 is 1.68 bits per heavy atom. The van der Waals surface area contributed by atoms with Crippen molar-refractivity contribution in [1.82, 2.24) is 0 Å². The number of nitrogens with zero attached hydrogens (tertiary/aromatic N) is 2. The summed E-state index contributed by atoms with van der Waals surface area (Å²) in [6.07, 6.45) is -4.02. The number of halogens is 8. The summed E-state index contributed by atoms with van der Waals surface area (Å²) in [6.45, 7) is -1.59. The number of hydrogen-bond acceptors (Lipinski definition) is 3. The summed E-state index contributed by atoms with van der Waals surface area (Å²) in [5.41, 5.74) is -1.10. The molecule has 11 heteroatoms. The molecule has 0 aliphatic carbocycles. The van der Waals surface area contributed by atoms with Gasteiger partial charge in [-0.25, -0.2) is 13.2 Å². The molecule has 150 valence electrons. The third-order valence-electron chi connectivity index (χ3n) is 3.59. The van der Waals surface area contributed by atoms with Crippen LogP contribution in [-0.4, -0.2) is 25.6 Å². The minimum atomic E-state index is -4.55. The lowest BCUT2D eigenvalue weighted by molar-refractivity contribution is -0.129. The normalized spacial score (nSPS) is 11.4. The average Bonchev–Trinajstić information content (AvgIpc) is 2.66. The van der Waals surface area contributed by atoms with Crippen LogP contribution in [0.4, 0.5) is 32.0 Å². The summed E-state index contributed by atoms with van der Waals surface area (Å²) in [7, 11) is 0. The van der Waals surface area contributed by atoms with Crippen LogP contribution in [0.3, 0.4) is 0 Å². The van der Waals surface area contributed by atoms with Gasteiger partial charge in [0, 0.05) is 5.69 Å². The summed E-state index contributed by atoms with van der Waals surface area (Å²) >= 11 is 11.4. The van der Waals surface area contributed by atoms with Crippen molar-refractivity contribution in [2.45, 2.75) is 12.5 Å². The van der Waals surface area contributed by atoms with Gasteiger partial charge >= 0.3 is 12.5 Å². The van der Waals surface area contributed by atoms with Crippen LogP contribution in [0.2, 0.25) is 10.0 Å². The van der Waals surface area contributed by atoms with Gasteiger partial charge < -0.3 is 9.64 Å². The van der Waals surface area contributed by atoms with Gasteiger partial charge in [-0.1, -0.05) is 41.4 Å². The molecule has 0 bridgehead atoms. The first kappa shape index (κ1) is 22.0. The van der Waals surface area contributed by atoms with Crippen molar-refractivity contribution in [3.05, 3.63) is 57.6 Å². The quantitative estimate of drug-likeness (QED) is 0.305. The molecule has 3 nitrogen and oxygen atoms in total. The second kappa shape index (κ2) is 8.80. The minimum absolute atomic E-state index is 0.0606. The highest BCUT2D eigenvalue weighted by molar-refractivity contribution is 6.43. The van der Waals surface area contributed by atoms with Gasteiger partial charge in [0.2, 0.25) is 5.82 Å². The van der Waals surface area contributed by atoms with Gasteiger partial charge in [0.15, 0.2) is 11.6 Å².